The van der Waals surface area contributed by atoms with Crippen molar-refractivity contribution in [3.05, 3.63) is 21.3 Å². The third-order valence-corrected chi connectivity index (χ3v) is 5.56. The van der Waals surface area contributed by atoms with E-state index in [9.17, 15) is 0 Å². The number of hydrogen-bond donors (Lipinski definition) is 0. The van der Waals surface area contributed by atoms with E-state index >= 15 is 0 Å². The zero-order valence-electron chi connectivity index (χ0n) is 10.6. The Bertz CT molecular complexity index is 298. The second-order valence-electron chi connectivity index (χ2n) is 4.52. The van der Waals surface area contributed by atoms with Gasteiger partial charge in [0.15, 0.2) is 0 Å². The summed E-state index contributed by atoms with van der Waals surface area (Å²) in [6.07, 6.45) is 10.9. The van der Waals surface area contributed by atoms with E-state index in [1.165, 1.54) is 56.2 Å². The molecule has 0 saturated heterocycles. The van der Waals surface area contributed by atoms with E-state index < -0.39 is 0 Å². The van der Waals surface area contributed by atoms with Crippen LogP contribution in [0.2, 0.25) is 4.34 Å². The average Bonchev–Trinajstić information content (AvgIpc) is 2.74. The van der Waals surface area contributed by atoms with Crippen molar-refractivity contribution in [3.8, 4) is 0 Å². The van der Waals surface area contributed by atoms with Crippen molar-refractivity contribution in [2.24, 2.45) is 0 Å². The van der Waals surface area contributed by atoms with Crippen molar-refractivity contribution >= 4 is 38.9 Å². The molecule has 0 aliphatic heterocycles. The van der Waals surface area contributed by atoms with Gasteiger partial charge < -0.3 is 0 Å². The highest BCUT2D eigenvalue weighted by Gasteiger charge is 2.09. The second-order valence-corrected chi connectivity index (χ2v) is 7.37. The van der Waals surface area contributed by atoms with E-state index in [4.69, 9.17) is 11.6 Å². The number of alkyl halides is 1. The van der Waals surface area contributed by atoms with Crippen molar-refractivity contribution in [2.45, 2.75) is 63.1 Å². The lowest BCUT2D eigenvalue weighted by atomic mass is 10.1. The molecule has 1 unspecified atom stereocenters. The molecule has 0 fully saturated rings. The van der Waals surface area contributed by atoms with Gasteiger partial charge in [-0.15, -0.1) is 11.3 Å². The summed E-state index contributed by atoms with van der Waals surface area (Å²) < 4.78 is 0.893. The van der Waals surface area contributed by atoms with Gasteiger partial charge in [-0.25, -0.2) is 0 Å². The van der Waals surface area contributed by atoms with Gasteiger partial charge in [0, 0.05) is 9.70 Å². The van der Waals surface area contributed by atoms with Crippen molar-refractivity contribution in [3.63, 3.8) is 0 Å². The molecule has 3 heteroatoms. The first-order chi connectivity index (χ1) is 8.24. The average molecular weight is 338 g/mol. The first-order valence-electron chi connectivity index (χ1n) is 6.63. The van der Waals surface area contributed by atoms with Gasteiger partial charge in [-0.3, -0.25) is 0 Å². The summed E-state index contributed by atoms with van der Waals surface area (Å²) in [6, 6.07) is 4.12. The summed E-state index contributed by atoms with van der Waals surface area (Å²) in [5, 5.41) is 0. The minimum atomic E-state index is 0.496. The van der Waals surface area contributed by atoms with Gasteiger partial charge in [0.05, 0.1) is 4.34 Å². The fraction of sp³-hybridized carbons (Fsp3) is 0.714. The first-order valence-corrected chi connectivity index (χ1v) is 8.74. The molecule has 0 amide bonds. The fourth-order valence-corrected chi connectivity index (χ4v) is 3.75. The van der Waals surface area contributed by atoms with Crippen LogP contribution >= 0.6 is 38.9 Å². The van der Waals surface area contributed by atoms with Crippen LogP contribution in [0.3, 0.4) is 0 Å². The van der Waals surface area contributed by atoms with Crippen LogP contribution in [0.1, 0.15) is 68.0 Å². The molecule has 0 aromatic carbocycles. The van der Waals surface area contributed by atoms with Crippen LogP contribution in [0.25, 0.3) is 0 Å². The van der Waals surface area contributed by atoms with Crippen LogP contribution in [0.5, 0.6) is 0 Å². The Balaban J connectivity index is 2.03. The zero-order valence-corrected chi connectivity index (χ0v) is 13.7. The number of thiophene rings is 1. The standard InChI is InChI=1S/C14H22BrClS/c1-2-3-4-5-6-7-8-9-12(15)13-10-11-14(16)17-13/h10-12H,2-9H2,1H3. The normalized spacial score (nSPS) is 12.9. The zero-order chi connectivity index (χ0) is 12.5. The minimum absolute atomic E-state index is 0.496. The Kier molecular flexibility index (Phi) is 8.59. The second kappa shape index (κ2) is 9.41. The summed E-state index contributed by atoms with van der Waals surface area (Å²) >= 11 is 11.4. The molecule has 1 rings (SSSR count). The van der Waals surface area contributed by atoms with Gasteiger partial charge >= 0.3 is 0 Å². The van der Waals surface area contributed by atoms with Crippen LogP contribution in [-0.4, -0.2) is 0 Å². The fourth-order valence-electron chi connectivity index (χ4n) is 1.92. The molecule has 0 radical (unpaired) electrons. The van der Waals surface area contributed by atoms with Crippen molar-refractivity contribution in [1.29, 1.82) is 0 Å². The summed E-state index contributed by atoms with van der Waals surface area (Å²) in [4.78, 5) is 1.86. The lowest BCUT2D eigenvalue weighted by molar-refractivity contribution is 0.575. The molecule has 1 aromatic heterocycles. The summed E-state index contributed by atoms with van der Waals surface area (Å²) in [6.45, 7) is 2.27. The molecule has 1 heterocycles. The molecular formula is C14H22BrClS. The maximum atomic E-state index is 5.93. The largest absolute Gasteiger partial charge is 0.127 e. The van der Waals surface area contributed by atoms with Crippen LogP contribution in [0.4, 0.5) is 0 Å². The molecule has 98 valence electrons. The maximum absolute atomic E-state index is 5.93. The molecule has 1 aromatic rings. The maximum Gasteiger partial charge on any atom is 0.0931 e. The van der Waals surface area contributed by atoms with Crippen molar-refractivity contribution in [2.75, 3.05) is 0 Å². The Morgan fingerprint density at radius 1 is 1.12 bits per heavy atom. The van der Waals surface area contributed by atoms with E-state index in [1.54, 1.807) is 11.3 Å². The van der Waals surface area contributed by atoms with E-state index in [0.717, 1.165) is 4.34 Å². The van der Waals surface area contributed by atoms with Crippen molar-refractivity contribution in [1.82, 2.24) is 0 Å². The SMILES string of the molecule is CCCCCCCCCC(Br)c1ccc(Cl)s1. The summed E-state index contributed by atoms with van der Waals surface area (Å²) in [5.41, 5.74) is 0. The molecular weight excluding hydrogens is 316 g/mol. The predicted octanol–water partition coefficient (Wildman–Crippen LogP) is 6.98. The Morgan fingerprint density at radius 3 is 2.35 bits per heavy atom. The third kappa shape index (κ3) is 6.83. The Morgan fingerprint density at radius 2 is 1.76 bits per heavy atom. The van der Waals surface area contributed by atoms with Gasteiger partial charge in [-0.05, 0) is 18.6 Å². The van der Waals surface area contributed by atoms with E-state index in [1.807, 2.05) is 6.07 Å². The highest BCUT2D eigenvalue weighted by atomic mass is 79.9. The van der Waals surface area contributed by atoms with E-state index in [2.05, 4.69) is 28.9 Å². The van der Waals surface area contributed by atoms with Gasteiger partial charge in [-0.2, -0.15) is 0 Å². The highest BCUT2D eigenvalue weighted by Crippen LogP contribution is 2.35. The van der Waals surface area contributed by atoms with Gasteiger partial charge in [0.25, 0.3) is 0 Å². The Labute approximate surface area is 123 Å². The molecule has 0 aliphatic rings. The van der Waals surface area contributed by atoms with E-state index in [0.29, 0.717) is 4.83 Å². The topological polar surface area (TPSA) is 0 Å². The smallest absolute Gasteiger partial charge is 0.0931 e. The first kappa shape index (κ1) is 15.5. The summed E-state index contributed by atoms with van der Waals surface area (Å²) in [7, 11) is 0. The van der Waals surface area contributed by atoms with Crippen LogP contribution in [-0.2, 0) is 0 Å². The van der Waals surface area contributed by atoms with E-state index in [-0.39, 0.29) is 0 Å². The highest BCUT2D eigenvalue weighted by molar-refractivity contribution is 9.09. The van der Waals surface area contributed by atoms with Crippen molar-refractivity contribution < 1.29 is 0 Å². The molecule has 0 spiro atoms. The summed E-state index contributed by atoms with van der Waals surface area (Å²) in [5.74, 6) is 0. The minimum Gasteiger partial charge on any atom is -0.127 e. The molecule has 0 nitrogen and oxygen atoms in total. The van der Waals surface area contributed by atoms with Crippen LogP contribution in [0, 0.1) is 0 Å². The Hall–Kier alpha value is 0.470. The van der Waals surface area contributed by atoms with Crippen LogP contribution in [0.15, 0.2) is 12.1 Å². The lowest BCUT2D eigenvalue weighted by Gasteiger charge is -2.07. The van der Waals surface area contributed by atoms with Gasteiger partial charge in [-0.1, -0.05) is 79.4 Å². The number of hydrogen-bond acceptors (Lipinski definition) is 1. The number of unbranched alkanes of at least 4 members (excludes halogenated alkanes) is 6. The number of halogens is 2. The third-order valence-electron chi connectivity index (χ3n) is 2.96. The monoisotopic (exact) mass is 336 g/mol. The molecule has 0 bridgehead atoms. The molecule has 17 heavy (non-hydrogen) atoms. The lowest BCUT2D eigenvalue weighted by Crippen LogP contribution is -1.87. The molecule has 1 atom stereocenters. The molecule has 0 N–H and O–H groups in total. The number of rotatable bonds is 9. The molecule has 0 saturated carbocycles. The molecule has 0 aliphatic carbocycles. The van der Waals surface area contributed by atoms with Crippen LogP contribution < -0.4 is 0 Å². The predicted molar refractivity (Wildman–Crippen MR) is 83.6 cm³/mol. The quantitative estimate of drug-likeness (QED) is 0.337. The van der Waals surface area contributed by atoms with Gasteiger partial charge in [0.2, 0.25) is 0 Å². The van der Waals surface area contributed by atoms with Gasteiger partial charge in [0.1, 0.15) is 0 Å².